The summed E-state index contributed by atoms with van der Waals surface area (Å²) >= 11 is 3.39. The first-order valence-corrected chi connectivity index (χ1v) is 15.5. The molecule has 0 fully saturated rings. The highest BCUT2D eigenvalue weighted by Gasteiger charge is 2.34. The average molecular weight is 663 g/mol. The number of sulfonamides is 1. The molecule has 0 saturated heterocycles. The molecule has 4 rings (SSSR count). The lowest BCUT2D eigenvalue weighted by molar-refractivity contribution is -0.140. The predicted octanol–water partition coefficient (Wildman–Crippen LogP) is 4.89. The van der Waals surface area contributed by atoms with Crippen LogP contribution in [-0.4, -0.2) is 56.5 Å². The highest BCUT2D eigenvalue weighted by molar-refractivity contribution is 9.10. The Morgan fingerprint density at radius 3 is 2.21 bits per heavy atom. The summed E-state index contributed by atoms with van der Waals surface area (Å²) < 4.78 is 54.7. The fraction of sp³-hybridized carbons (Fsp3) is 0.333. The molecular weight excluding hydrogens is 629 g/mol. The molecule has 12 heteroatoms. The molecule has 0 spiro atoms. The van der Waals surface area contributed by atoms with Gasteiger partial charge in [0.1, 0.15) is 31.6 Å². The Bertz CT molecular complexity index is 1540. The van der Waals surface area contributed by atoms with Gasteiger partial charge in [0.25, 0.3) is 10.0 Å². The van der Waals surface area contributed by atoms with Crippen LogP contribution in [-0.2, 0) is 26.2 Å². The maximum Gasteiger partial charge on any atom is 0.264 e. The van der Waals surface area contributed by atoms with Crippen LogP contribution in [0.5, 0.6) is 11.5 Å². The van der Waals surface area contributed by atoms with Crippen LogP contribution in [0, 0.1) is 5.82 Å². The van der Waals surface area contributed by atoms with Crippen molar-refractivity contribution in [3.63, 3.8) is 0 Å². The Morgan fingerprint density at radius 1 is 0.976 bits per heavy atom. The van der Waals surface area contributed by atoms with E-state index in [1.807, 2.05) is 45.0 Å². The maximum absolute atomic E-state index is 14.0. The fourth-order valence-electron chi connectivity index (χ4n) is 4.29. The van der Waals surface area contributed by atoms with Crippen molar-refractivity contribution >= 4 is 43.5 Å². The van der Waals surface area contributed by atoms with E-state index in [1.165, 1.54) is 35.2 Å². The number of ether oxygens (including phenoxy) is 2. The Labute approximate surface area is 253 Å². The monoisotopic (exact) mass is 661 g/mol. The second-order valence-electron chi connectivity index (χ2n) is 10.9. The number of carbonyl (C=O) groups excluding carboxylic acids is 2. The Kier molecular flexibility index (Phi) is 9.47. The number of rotatable bonds is 9. The summed E-state index contributed by atoms with van der Waals surface area (Å²) in [7, 11) is -4.36. The van der Waals surface area contributed by atoms with Crippen LogP contribution in [0.25, 0.3) is 0 Å². The first-order chi connectivity index (χ1) is 19.7. The Hall–Kier alpha value is -3.64. The van der Waals surface area contributed by atoms with E-state index in [0.717, 1.165) is 26.5 Å². The van der Waals surface area contributed by atoms with E-state index < -0.39 is 45.8 Å². The molecule has 1 heterocycles. The largest absolute Gasteiger partial charge is 0.486 e. The lowest BCUT2D eigenvalue weighted by Crippen LogP contribution is -2.54. The van der Waals surface area contributed by atoms with Gasteiger partial charge in [-0.15, -0.1) is 0 Å². The van der Waals surface area contributed by atoms with Crippen LogP contribution in [0.4, 0.5) is 10.1 Å². The van der Waals surface area contributed by atoms with Crippen LogP contribution in [0.15, 0.2) is 76.1 Å². The van der Waals surface area contributed by atoms with Crippen LogP contribution in [0.2, 0.25) is 0 Å². The molecule has 1 aliphatic heterocycles. The third-order valence-corrected chi connectivity index (χ3v) is 8.73. The summed E-state index contributed by atoms with van der Waals surface area (Å²) in [5.74, 6) is -0.914. The van der Waals surface area contributed by atoms with Crippen LogP contribution >= 0.6 is 15.9 Å². The second-order valence-corrected chi connectivity index (χ2v) is 13.6. The predicted molar refractivity (Wildman–Crippen MR) is 160 cm³/mol. The number of halogens is 2. The number of fused-ring (bicyclic) bond motifs is 1. The topological polar surface area (TPSA) is 105 Å². The molecule has 0 bridgehead atoms. The molecule has 3 aromatic carbocycles. The van der Waals surface area contributed by atoms with Crippen LogP contribution < -0.4 is 19.1 Å². The first kappa shape index (κ1) is 31.3. The van der Waals surface area contributed by atoms with E-state index in [9.17, 15) is 22.4 Å². The number of nitrogens with one attached hydrogen (secondary N) is 1. The van der Waals surface area contributed by atoms with Crippen molar-refractivity contribution in [3.8, 4) is 11.5 Å². The molecule has 224 valence electrons. The summed E-state index contributed by atoms with van der Waals surface area (Å²) in [4.78, 5) is 28.4. The quantitative estimate of drug-likeness (QED) is 0.350. The van der Waals surface area contributed by atoms with E-state index in [2.05, 4.69) is 21.2 Å². The Morgan fingerprint density at radius 2 is 1.60 bits per heavy atom. The third kappa shape index (κ3) is 7.60. The zero-order chi connectivity index (χ0) is 30.7. The lowest BCUT2D eigenvalue weighted by atomic mass is 10.1. The standard InChI is InChI=1S/C30H33BrFN3O6S/c1-20(29(37)33-30(2,3)4)34(18-21-5-7-22(31)8-6-21)28(36)19-35(24-11-9-23(32)10-12-24)42(38,39)25-13-14-26-27(17-25)41-16-15-40-26/h5-14,17,20H,15-16,18-19H2,1-4H3,(H,33,37)/t20-/m0/s1. The van der Waals surface area contributed by atoms with E-state index >= 15 is 0 Å². The lowest BCUT2D eigenvalue weighted by Gasteiger charge is -2.33. The average Bonchev–Trinajstić information content (AvgIpc) is 2.94. The molecule has 42 heavy (non-hydrogen) atoms. The van der Waals surface area contributed by atoms with Gasteiger partial charge in [0.05, 0.1) is 10.6 Å². The smallest absolute Gasteiger partial charge is 0.264 e. The summed E-state index contributed by atoms with van der Waals surface area (Å²) in [5, 5.41) is 2.89. The van der Waals surface area contributed by atoms with Gasteiger partial charge in [-0.25, -0.2) is 12.8 Å². The van der Waals surface area contributed by atoms with E-state index in [0.29, 0.717) is 12.4 Å². The van der Waals surface area contributed by atoms with Gasteiger partial charge in [-0.3, -0.25) is 13.9 Å². The van der Waals surface area contributed by atoms with Crippen molar-refractivity contribution in [2.45, 2.75) is 50.7 Å². The van der Waals surface area contributed by atoms with Gasteiger partial charge in [0.15, 0.2) is 11.5 Å². The van der Waals surface area contributed by atoms with Crippen molar-refractivity contribution in [1.29, 1.82) is 0 Å². The molecule has 1 N–H and O–H groups in total. The maximum atomic E-state index is 14.0. The van der Waals surface area contributed by atoms with Crippen molar-refractivity contribution in [2.24, 2.45) is 0 Å². The van der Waals surface area contributed by atoms with E-state index in [4.69, 9.17) is 9.47 Å². The van der Waals surface area contributed by atoms with Crippen molar-refractivity contribution in [1.82, 2.24) is 10.2 Å². The van der Waals surface area contributed by atoms with Crippen molar-refractivity contribution in [2.75, 3.05) is 24.1 Å². The Balaban J connectivity index is 1.72. The first-order valence-electron chi connectivity index (χ1n) is 13.3. The van der Waals surface area contributed by atoms with E-state index in [1.54, 1.807) is 6.92 Å². The summed E-state index contributed by atoms with van der Waals surface area (Å²) in [5.41, 5.74) is 0.263. The minimum absolute atomic E-state index is 0.0478. The number of benzene rings is 3. The van der Waals surface area contributed by atoms with Crippen LogP contribution in [0.1, 0.15) is 33.3 Å². The molecule has 1 aliphatic rings. The van der Waals surface area contributed by atoms with Crippen molar-refractivity contribution in [3.05, 3.63) is 82.6 Å². The zero-order valence-corrected chi connectivity index (χ0v) is 26.2. The van der Waals surface area contributed by atoms with Gasteiger partial charge in [-0.05, 0) is 81.8 Å². The van der Waals surface area contributed by atoms with Gasteiger partial charge in [-0.1, -0.05) is 28.1 Å². The molecule has 2 amide bonds. The normalized spacial score (nSPS) is 13.7. The molecule has 0 unspecified atom stereocenters. The minimum Gasteiger partial charge on any atom is -0.486 e. The van der Waals surface area contributed by atoms with Gasteiger partial charge < -0.3 is 19.7 Å². The number of anilines is 1. The SMILES string of the molecule is C[C@@H](C(=O)NC(C)(C)C)N(Cc1ccc(Br)cc1)C(=O)CN(c1ccc(F)cc1)S(=O)(=O)c1ccc2c(c1)OCCO2. The van der Waals surface area contributed by atoms with Gasteiger partial charge in [0, 0.05) is 22.6 Å². The van der Waals surface area contributed by atoms with Gasteiger partial charge in [0.2, 0.25) is 11.8 Å². The second kappa shape index (κ2) is 12.7. The third-order valence-electron chi connectivity index (χ3n) is 6.43. The molecule has 9 nitrogen and oxygen atoms in total. The molecule has 0 aliphatic carbocycles. The minimum atomic E-state index is -4.36. The number of carbonyl (C=O) groups is 2. The summed E-state index contributed by atoms with van der Waals surface area (Å²) in [6.07, 6.45) is 0. The highest BCUT2D eigenvalue weighted by Crippen LogP contribution is 2.34. The number of hydrogen-bond acceptors (Lipinski definition) is 6. The molecule has 3 aromatic rings. The fourth-order valence-corrected chi connectivity index (χ4v) is 5.99. The molecule has 0 aromatic heterocycles. The number of amides is 2. The van der Waals surface area contributed by atoms with E-state index in [-0.39, 0.29) is 29.5 Å². The van der Waals surface area contributed by atoms with Crippen LogP contribution in [0.3, 0.4) is 0 Å². The molecule has 0 saturated carbocycles. The highest BCUT2D eigenvalue weighted by atomic mass is 79.9. The molecular formula is C30H33BrFN3O6S. The molecule has 0 radical (unpaired) electrons. The van der Waals surface area contributed by atoms with Gasteiger partial charge in [-0.2, -0.15) is 0 Å². The molecule has 1 atom stereocenters. The van der Waals surface area contributed by atoms with Crippen molar-refractivity contribution < 1.29 is 31.9 Å². The van der Waals surface area contributed by atoms with Gasteiger partial charge >= 0.3 is 0 Å². The zero-order valence-electron chi connectivity index (χ0n) is 23.8. The number of hydrogen-bond donors (Lipinski definition) is 1. The summed E-state index contributed by atoms with van der Waals surface area (Å²) in [6, 6.07) is 15.3. The number of nitrogens with zero attached hydrogens (tertiary/aromatic N) is 2. The summed E-state index contributed by atoms with van der Waals surface area (Å²) in [6.45, 7) is 7.08.